The van der Waals surface area contributed by atoms with E-state index in [2.05, 4.69) is 0 Å². The number of ketones is 3. The zero-order chi connectivity index (χ0) is 29.4. The van der Waals surface area contributed by atoms with Crippen LogP contribution in [0.1, 0.15) is 67.2 Å². The Morgan fingerprint density at radius 2 is 1.76 bits per heavy atom. The Kier molecular flexibility index (Phi) is 5.45. The summed E-state index contributed by atoms with van der Waals surface area (Å²) in [5.74, 6) is -5.78. The Bertz CT molecular complexity index is 1390. The zero-order valence-electron chi connectivity index (χ0n) is 24.2. The molecule has 2 spiro atoms. The molecule has 10 heteroatoms. The minimum Gasteiger partial charge on any atom is -0.466 e. The van der Waals surface area contributed by atoms with Crippen LogP contribution in [0.5, 0.6) is 0 Å². The summed E-state index contributed by atoms with van der Waals surface area (Å²) in [6.45, 7) is 10.9. The fourth-order valence-electron chi connectivity index (χ4n) is 9.33. The van der Waals surface area contributed by atoms with Crippen LogP contribution in [0, 0.1) is 29.1 Å². The van der Waals surface area contributed by atoms with Crippen LogP contribution < -0.4 is 0 Å². The molecule has 5 aliphatic heterocycles. The summed E-state index contributed by atoms with van der Waals surface area (Å²) in [7, 11) is 0. The van der Waals surface area contributed by atoms with Gasteiger partial charge in [-0.3, -0.25) is 24.0 Å². The number of Topliss-reactive ketones (excluding diaryl/α,β-unsaturated/α-hetero) is 2. The van der Waals surface area contributed by atoms with Crippen LogP contribution in [-0.2, 0) is 47.7 Å². The molecule has 7 rings (SSSR count). The molecule has 0 N–H and O–H groups in total. The van der Waals surface area contributed by atoms with Gasteiger partial charge in [0.2, 0.25) is 11.6 Å². The maximum absolute atomic E-state index is 14.7. The molecule has 5 heterocycles. The molecular weight excluding hydrogens is 532 g/mol. The topological polar surface area (TPSA) is 132 Å². The second kappa shape index (κ2) is 8.23. The predicted octanol–water partition coefficient (Wildman–Crippen LogP) is 2.56. The van der Waals surface area contributed by atoms with Crippen molar-refractivity contribution in [3.8, 4) is 0 Å². The first-order chi connectivity index (χ1) is 19.2. The van der Waals surface area contributed by atoms with E-state index in [1.165, 1.54) is 6.08 Å². The highest BCUT2D eigenvalue weighted by Gasteiger charge is 2.80. The number of fused-ring (bicyclic) bond motifs is 2. The van der Waals surface area contributed by atoms with Crippen molar-refractivity contribution in [3.63, 3.8) is 0 Å². The molecule has 0 aromatic heterocycles. The molecular formula is C31H36O10. The molecule has 10 atom stereocenters. The third kappa shape index (κ3) is 3.21. The van der Waals surface area contributed by atoms with Crippen LogP contribution in [0.2, 0.25) is 0 Å². The van der Waals surface area contributed by atoms with Gasteiger partial charge in [0.15, 0.2) is 5.78 Å². The van der Waals surface area contributed by atoms with Crippen LogP contribution in [0.15, 0.2) is 22.8 Å². The van der Waals surface area contributed by atoms with Crippen molar-refractivity contribution in [2.45, 2.75) is 103 Å². The first-order valence-electron chi connectivity index (χ1n) is 14.7. The average molecular weight is 569 g/mol. The third-order valence-corrected chi connectivity index (χ3v) is 11.0. The zero-order valence-corrected chi connectivity index (χ0v) is 24.2. The van der Waals surface area contributed by atoms with E-state index < -0.39 is 82.1 Å². The van der Waals surface area contributed by atoms with E-state index in [1.54, 1.807) is 27.7 Å². The monoisotopic (exact) mass is 568 g/mol. The van der Waals surface area contributed by atoms with Gasteiger partial charge in [0.1, 0.15) is 23.6 Å². The average Bonchev–Trinajstić information content (AvgIpc) is 3.39. The first kappa shape index (κ1) is 27.2. The normalized spacial score (nSPS) is 47.2. The van der Waals surface area contributed by atoms with Gasteiger partial charge in [0, 0.05) is 40.7 Å². The molecule has 7 aliphatic rings. The number of carbonyl (C=O) groups is 5. The van der Waals surface area contributed by atoms with E-state index in [-0.39, 0.29) is 36.6 Å². The van der Waals surface area contributed by atoms with Crippen molar-refractivity contribution in [1.82, 2.24) is 0 Å². The Balaban J connectivity index is 1.38. The predicted molar refractivity (Wildman–Crippen MR) is 139 cm³/mol. The fourth-order valence-corrected chi connectivity index (χ4v) is 9.33. The third-order valence-electron chi connectivity index (χ3n) is 11.0. The van der Waals surface area contributed by atoms with Gasteiger partial charge in [-0.2, -0.15) is 0 Å². The molecule has 0 amide bonds. The molecule has 0 aromatic rings. The lowest BCUT2D eigenvalue weighted by atomic mass is 9.62. The summed E-state index contributed by atoms with van der Waals surface area (Å²) in [5, 5.41) is 0. The van der Waals surface area contributed by atoms with Gasteiger partial charge in [-0.15, -0.1) is 0 Å². The van der Waals surface area contributed by atoms with Gasteiger partial charge >= 0.3 is 11.9 Å². The summed E-state index contributed by atoms with van der Waals surface area (Å²) in [5.41, 5.74) is -1.96. The van der Waals surface area contributed by atoms with Crippen molar-refractivity contribution in [2.24, 2.45) is 29.1 Å². The minimum absolute atomic E-state index is 0.00716. The highest BCUT2D eigenvalue weighted by Crippen LogP contribution is 2.69. The van der Waals surface area contributed by atoms with E-state index in [0.717, 1.165) is 0 Å². The van der Waals surface area contributed by atoms with Crippen molar-refractivity contribution in [2.75, 3.05) is 6.61 Å². The molecule has 41 heavy (non-hydrogen) atoms. The maximum atomic E-state index is 14.7. The fraction of sp³-hybridized carbons (Fsp3) is 0.710. The molecule has 220 valence electrons. The lowest BCUT2D eigenvalue weighted by Crippen LogP contribution is -2.63. The quantitative estimate of drug-likeness (QED) is 0.468. The molecule has 10 nitrogen and oxygen atoms in total. The van der Waals surface area contributed by atoms with Crippen LogP contribution in [0.3, 0.4) is 0 Å². The van der Waals surface area contributed by atoms with Crippen molar-refractivity contribution in [1.29, 1.82) is 0 Å². The smallest absolute Gasteiger partial charge is 0.311 e. The van der Waals surface area contributed by atoms with Gasteiger partial charge in [0.25, 0.3) is 0 Å². The van der Waals surface area contributed by atoms with E-state index in [9.17, 15) is 24.0 Å². The van der Waals surface area contributed by atoms with Crippen LogP contribution in [0.25, 0.3) is 0 Å². The molecule has 1 saturated carbocycles. The van der Waals surface area contributed by atoms with Gasteiger partial charge in [-0.25, -0.2) is 0 Å². The van der Waals surface area contributed by atoms with E-state index in [0.29, 0.717) is 24.0 Å². The van der Waals surface area contributed by atoms with Crippen molar-refractivity contribution >= 4 is 29.3 Å². The Morgan fingerprint density at radius 3 is 2.46 bits per heavy atom. The molecule has 5 fully saturated rings. The highest BCUT2D eigenvalue weighted by atomic mass is 16.7. The maximum Gasteiger partial charge on any atom is 0.311 e. The first-order valence-corrected chi connectivity index (χ1v) is 14.7. The SMILES string of the molecule is CCOC(=O)CC1OC(C)(C)C2=C1CC13CCC4(C)C(=O)C(C)C5C6OC(=O)C(C)C6OC(O1)(C(=O)C3=CC2=O)C54. The number of allylic oxidation sites excluding steroid dienone is 1. The Hall–Kier alpha value is -2.69. The minimum atomic E-state index is -1.84. The summed E-state index contributed by atoms with van der Waals surface area (Å²) >= 11 is 0. The number of rotatable bonds is 3. The van der Waals surface area contributed by atoms with Crippen molar-refractivity contribution < 1.29 is 47.7 Å². The summed E-state index contributed by atoms with van der Waals surface area (Å²) < 4.78 is 30.8. The second-order valence-corrected chi connectivity index (χ2v) is 13.6. The van der Waals surface area contributed by atoms with Crippen LogP contribution in [-0.4, -0.2) is 71.2 Å². The number of hydrogen-bond acceptors (Lipinski definition) is 10. The second-order valence-electron chi connectivity index (χ2n) is 13.6. The van der Waals surface area contributed by atoms with Crippen molar-refractivity contribution in [3.05, 3.63) is 22.8 Å². The van der Waals surface area contributed by atoms with Gasteiger partial charge in [-0.1, -0.05) is 13.8 Å². The Labute approximate surface area is 238 Å². The van der Waals surface area contributed by atoms with E-state index in [1.807, 2.05) is 13.8 Å². The van der Waals surface area contributed by atoms with Crippen LogP contribution >= 0.6 is 0 Å². The molecule has 4 saturated heterocycles. The molecule has 2 aliphatic carbocycles. The highest BCUT2D eigenvalue weighted by molar-refractivity contribution is 6.16. The number of hydrogen-bond donors (Lipinski definition) is 0. The molecule has 0 radical (unpaired) electrons. The number of carbonyl (C=O) groups excluding carboxylic acids is 5. The summed E-state index contributed by atoms with van der Waals surface area (Å²) in [6, 6.07) is 0. The molecule has 10 unspecified atom stereocenters. The number of ether oxygens (including phenoxy) is 5. The standard InChI is InChI=1S/C31H36O10/c1-7-37-19(33)11-18-15-12-30-9-8-29(6)24-20(13(2)25(29)34)23-22(14(3)27(36)38-23)40-31(24,41-30)26(35)16(30)10-17(32)21(15)28(4,5)39-18/h10,13-14,18,20,22-24H,7-9,11-12H2,1-6H3. The van der Waals surface area contributed by atoms with E-state index in [4.69, 9.17) is 23.7 Å². The lowest BCUT2D eigenvalue weighted by Gasteiger charge is -2.49. The van der Waals surface area contributed by atoms with Gasteiger partial charge in [-0.05, 0) is 52.2 Å². The van der Waals surface area contributed by atoms with E-state index >= 15 is 0 Å². The molecule has 2 bridgehead atoms. The summed E-state index contributed by atoms with van der Waals surface area (Å²) in [4.78, 5) is 67.7. The molecule has 0 aromatic carbocycles. The Morgan fingerprint density at radius 1 is 1.02 bits per heavy atom. The summed E-state index contributed by atoms with van der Waals surface area (Å²) in [6.07, 6.45) is -0.0290. The largest absolute Gasteiger partial charge is 0.466 e. The van der Waals surface area contributed by atoms with Crippen LogP contribution in [0.4, 0.5) is 0 Å². The van der Waals surface area contributed by atoms with Gasteiger partial charge in [0.05, 0.1) is 30.7 Å². The van der Waals surface area contributed by atoms with Gasteiger partial charge < -0.3 is 23.7 Å². The lowest BCUT2D eigenvalue weighted by molar-refractivity contribution is -0.326. The number of esters is 2.